The molecule has 32 heavy (non-hydrogen) atoms. The van der Waals surface area contributed by atoms with Crippen molar-refractivity contribution in [2.45, 2.75) is 153 Å². The van der Waals surface area contributed by atoms with Crippen molar-refractivity contribution in [2.24, 2.45) is 5.92 Å². The lowest BCUT2D eigenvalue weighted by Crippen LogP contribution is -2.45. The number of unbranched alkanes of at least 4 members (excludes halogenated alkanes) is 15. The molecule has 1 aliphatic heterocycles. The predicted molar refractivity (Wildman–Crippen MR) is 142 cm³/mol. The lowest BCUT2D eigenvalue weighted by atomic mass is 9.89. The maximum Gasteiger partial charge on any atom is 0.238 e. The maximum absolute atomic E-state index is 12.4. The lowest BCUT2D eigenvalue weighted by molar-refractivity contribution is -0.122. The summed E-state index contributed by atoms with van der Waals surface area (Å²) < 4.78 is 0. The highest BCUT2D eigenvalue weighted by Gasteiger charge is 2.34. The zero-order valence-corrected chi connectivity index (χ0v) is 22.1. The molecule has 2 fully saturated rings. The maximum atomic E-state index is 12.4. The summed E-state index contributed by atoms with van der Waals surface area (Å²) >= 11 is 1.98. The van der Waals surface area contributed by atoms with Gasteiger partial charge in [-0.3, -0.25) is 10.1 Å². The quantitative estimate of drug-likeness (QED) is 0.190. The zero-order chi connectivity index (χ0) is 22.7. The molecule has 4 heteroatoms. The van der Waals surface area contributed by atoms with Crippen molar-refractivity contribution in [3.63, 3.8) is 0 Å². The highest BCUT2D eigenvalue weighted by Crippen LogP contribution is 2.34. The lowest BCUT2D eigenvalue weighted by Gasteiger charge is -2.27. The minimum Gasteiger partial charge on any atom is -0.355 e. The third-order valence-corrected chi connectivity index (χ3v) is 8.94. The molecule has 0 bridgehead atoms. The van der Waals surface area contributed by atoms with Gasteiger partial charge in [-0.25, -0.2) is 0 Å². The van der Waals surface area contributed by atoms with Crippen molar-refractivity contribution in [1.82, 2.24) is 10.6 Å². The first-order valence-corrected chi connectivity index (χ1v) is 15.5. The Balaban J connectivity index is 1.30. The van der Waals surface area contributed by atoms with E-state index < -0.39 is 0 Å². The fraction of sp³-hybridized carbons (Fsp3) is 0.964. The summed E-state index contributed by atoms with van der Waals surface area (Å²) in [6, 6.07) is 0.0352. The Kier molecular flexibility index (Phi) is 16.7. The topological polar surface area (TPSA) is 41.1 Å². The molecule has 0 aromatic rings. The van der Waals surface area contributed by atoms with E-state index in [-0.39, 0.29) is 11.9 Å². The average molecular weight is 467 g/mol. The van der Waals surface area contributed by atoms with E-state index in [2.05, 4.69) is 17.6 Å². The predicted octanol–water partition coefficient (Wildman–Crippen LogP) is 7.98. The van der Waals surface area contributed by atoms with E-state index in [1.807, 2.05) is 11.8 Å². The molecular weight excluding hydrogens is 412 g/mol. The van der Waals surface area contributed by atoms with Crippen LogP contribution in [0.25, 0.3) is 0 Å². The van der Waals surface area contributed by atoms with Gasteiger partial charge in [0, 0.05) is 12.3 Å². The SMILES string of the molecule is CCCCCCCCCCCCCCCCCCNC(=O)[C@@H]1CSC(C2CCCCC2)N1. The minimum atomic E-state index is 0.0352. The molecule has 0 spiro atoms. The van der Waals surface area contributed by atoms with E-state index in [4.69, 9.17) is 0 Å². The fourth-order valence-electron chi connectivity index (χ4n) is 5.36. The molecule has 3 nitrogen and oxygen atoms in total. The number of nitrogens with one attached hydrogen (secondary N) is 2. The van der Waals surface area contributed by atoms with Gasteiger partial charge in [0.1, 0.15) is 0 Å². The number of carbonyl (C=O) groups excluding carboxylic acids is 1. The summed E-state index contributed by atoms with van der Waals surface area (Å²) in [5, 5.41) is 7.32. The number of hydrogen-bond donors (Lipinski definition) is 2. The number of rotatable bonds is 19. The monoisotopic (exact) mass is 466 g/mol. The Hall–Kier alpha value is -0.220. The van der Waals surface area contributed by atoms with Gasteiger partial charge in [0.25, 0.3) is 0 Å². The van der Waals surface area contributed by atoms with Crippen LogP contribution in [0.15, 0.2) is 0 Å². The second kappa shape index (κ2) is 19.1. The number of thioether (sulfide) groups is 1. The van der Waals surface area contributed by atoms with Crippen LogP contribution in [0.5, 0.6) is 0 Å². The molecule has 2 aliphatic rings. The van der Waals surface area contributed by atoms with Crippen molar-refractivity contribution >= 4 is 17.7 Å². The molecule has 2 atom stereocenters. The number of carbonyl (C=O) groups is 1. The van der Waals surface area contributed by atoms with Crippen LogP contribution in [0.1, 0.15) is 142 Å². The molecule has 0 aromatic carbocycles. The molecule has 1 unspecified atom stereocenters. The van der Waals surface area contributed by atoms with Crippen LogP contribution in [0, 0.1) is 5.92 Å². The zero-order valence-electron chi connectivity index (χ0n) is 21.3. The Morgan fingerprint density at radius 2 is 1.25 bits per heavy atom. The third kappa shape index (κ3) is 12.9. The van der Waals surface area contributed by atoms with Crippen molar-refractivity contribution in [3.8, 4) is 0 Å². The highest BCUT2D eigenvalue weighted by molar-refractivity contribution is 8.00. The molecule has 1 saturated heterocycles. The summed E-state index contributed by atoms with van der Waals surface area (Å²) in [6.07, 6.45) is 29.1. The summed E-state index contributed by atoms with van der Waals surface area (Å²) in [4.78, 5) is 12.4. The van der Waals surface area contributed by atoms with Crippen LogP contribution in [0.3, 0.4) is 0 Å². The Morgan fingerprint density at radius 3 is 1.78 bits per heavy atom. The van der Waals surface area contributed by atoms with Crippen molar-refractivity contribution in [1.29, 1.82) is 0 Å². The Morgan fingerprint density at radius 1 is 0.750 bits per heavy atom. The van der Waals surface area contributed by atoms with Crippen molar-refractivity contribution in [3.05, 3.63) is 0 Å². The second-order valence-corrected chi connectivity index (χ2v) is 11.6. The molecule has 0 radical (unpaired) electrons. The standard InChI is InChI=1S/C28H54N2OS/c1-2-3-4-5-6-7-8-9-10-11-12-13-14-15-16-20-23-29-27(31)26-24-32-28(30-26)25-21-18-17-19-22-25/h25-26,28,30H,2-24H2,1H3,(H,29,31)/t26-,28?/m0/s1. The van der Waals surface area contributed by atoms with Crippen LogP contribution in [-0.2, 0) is 4.79 Å². The van der Waals surface area contributed by atoms with E-state index >= 15 is 0 Å². The summed E-state index contributed by atoms with van der Waals surface area (Å²) in [5.74, 6) is 1.97. The smallest absolute Gasteiger partial charge is 0.238 e. The van der Waals surface area contributed by atoms with E-state index in [0.29, 0.717) is 5.37 Å². The van der Waals surface area contributed by atoms with Gasteiger partial charge in [0.2, 0.25) is 5.91 Å². The molecule has 0 aromatic heterocycles. The van der Waals surface area contributed by atoms with Gasteiger partial charge in [-0.1, -0.05) is 122 Å². The third-order valence-electron chi connectivity index (χ3n) is 7.53. The van der Waals surface area contributed by atoms with Gasteiger partial charge in [-0.15, -0.1) is 11.8 Å². The molecule has 1 heterocycles. The first-order chi connectivity index (χ1) is 15.8. The van der Waals surface area contributed by atoms with E-state index in [9.17, 15) is 4.79 Å². The van der Waals surface area contributed by atoms with Gasteiger partial charge in [0.05, 0.1) is 11.4 Å². The highest BCUT2D eigenvalue weighted by atomic mass is 32.2. The Bertz CT molecular complexity index is 453. The summed E-state index contributed by atoms with van der Waals surface area (Å²) in [6.45, 7) is 3.15. The molecule has 2 rings (SSSR count). The largest absolute Gasteiger partial charge is 0.355 e. The van der Waals surface area contributed by atoms with Crippen LogP contribution < -0.4 is 10.6 Å². The van der Waals surface area contributed by atoms with Gasteiger partial charge in [0.15, 0.2) is 0 Å². The van der Waals surface area contributed by atoms with E-state index in [1.165, 1.54) is 128 Å². The van der Waals surface area contributed by atoms with E-state index in [1.54, 1.807) is 0 Å². The normalized spacial score (nSPS) is 21.8. The summed E-state index contributed by atoms with van der Waals surface area (Å²) in [5.41, 5.74) is 0. The van der Waals surface area contributed by atoms with Gasteiger partial charge in [-0.05, 0) is 25.2 Å². The molecule has 1 aliphatic carbocycles. The molecule has 1 amide bonds. The molecule has 2 N–H and O–H groups in total. The first-order valence-electron chi connectivity index (χ1n) is 14.5. The number of amides is 1. The van der Waals surface area contributed by atoms with Gasteiger partial charge in [-0.2, -0.15) is 0 Å². The van der Waals surface area contributed by atoms with Crippen LogP contribution in [0.4, 0.5) is 0 Å². The van der Waals surface area contributed by atoms with E-state index in [0.717, 1.165) is 24.6 Å². The number of hydrogen-bond acceptors (Lipinski definition) is 3. The van der Waals surface area contributed by atoms with Crippen LogP contribution in [0.2, 0.25) is 0 Å². The average Bonchev–Trinajstić information content (AvgIpc) is 3.32. The first kappa shape index (κ1) is 28.0. The van der Waals surface area contributed by atoms with Crippen molar-refractivity contribution < 1.29 is 4.79 Å². The molecule has 1 saturated carbocycles. The summed E-state index contributed by atoms with van der Waals surface area (Å²) in [7, 11) is 0. The van der Waals surface area contributed by atoms with Crippen LogP contribution in [-0.4, -0.2) is 29.6 Å². The second-order valence-electron chi connectivity index (χ2n) is 10.5. The van der Waals surface area contributed by atoms with Crippen molar-refractivity contribution in [2.75, 3.05) is 12.3 Å². The fourth-order valence-corrected chi connectivity index (χ4v) is 6.81. The van der Waals surface area contributed by atoms with Crippen LogP contribution >= 0.6 is 11.8 Å². The minimum absolute atomic E-state index is 0.0352. The van der Waals surface area contributed by atoms with Gasteiger partial charge < -0.3 is 5.32 Å². The Labute approximate surface area is 204 Å². The molecule has 188 valence electrons. The van der Waals surface area contributed by atoms with Gasteiger partial charge >= 0.3 is 0 Å². The molecular formula is C28H54N2OS.